The monoisotopic (exact) mass is 250 g/mol. The molecule has 0 unspecified atom stereocenters. The molecule has 0 bridgehead atoms. The minimum Gasteiger partial charge on any atom is -0.0750 e. The SMILES string of the molecule is C/C(=C\C(C)(C)Cc1ccccc1)c1ccccc1. The lowest BCUT2D eigenvalue weighted by Gasteiger charge is -2.22. The third-order valence-electron chi connectivity index (χ3n) is 3.34. The minimum atomic E-state index is 0.168. The molecule has 0 saturated heterocycles. The van der Waals surface area contributed by atoms with Gasteiger partial charge in [-0.25, -0.2) is 0 Å². The second-order valence-electron chi connectivity index (χ2n) is 5.84. The smallest absolute Gasteiger partial charge is 0.0129 e. The summed E-state index contributed by atoms with van der Waals surface area (Å²) < 4.78 is 0. The van der Waals surface area contributed by atoms with Gasteiger partial charge >= 0.3 is 0 Å². The Morgan fingerprint density at radius 3 is 2.00 bits per heavy atom. The number of allylic oxidation sites excluding steroid dienone is 2. The molecule has 0 aliphatic rings. The van der Waals surface area contributed by atoms with E-state index in [4.69, 9.17) is 0 Å². The lowest BCUT2D eigenvalue weighted by molar-refractivity contribution is 0.479. The first kappa shape index (κ1) is 13.6. The van der Waals surface area contributed by atoms with E-state index in [-0.39, 0.29) is 5.41 Å². The van der Waals surface area contributed by atoms with Crippen molar-refractivity contribution in [2.45, 2.75) is 27.2 Å². The van der Waals surface area contributed by atoms with Crippen LogP contribution in [0.4, 0.5) is 0 Å². The average Bonchev–Trinajstić information content (AvgIpc) is 2.39. The molecule has 2 aromatic carbocycles. The summed E-state index contributed by atoms with van der Waals surface area (Å²) in [4.78, 5) is 0. The number of hydrogen-bond donors (Lipinski definition) is 0. The van der Waals surface area contributed by atoms with Crippen molar-refractivity contribution < 1.29 is 0 Å². The first-order chi connectivity index (χ1) is 9.07. The number of rotatable bonds is 4. The highest BCUT2D eigenvalue weighted by Gasteiger charge is 2.16. The summed E-state index contributed by atoms with van der Waals surface area (Å²) in [6, 6.07) is 21.3. The maximum Gasteiger partial charge on any atom is -0.0129 e. The van der Waals surface area contributed by atoms with Crippen molar-refractivity contribution in [2.24, 2.45) is 5.41 Å². The molecule has 0 N–H and O–H groups in total. The van der Waals surface area contributed by atoms with Crippen LogP contribution in [0, 0.1) is 5.41 Å². The van der Waals surface area contributed by atoms with Crippen LogP contribution in [0.15, 0.2) is 66.7 Å². The van der Waals surface area contributed by atoms with Crippen LogP contribution in [-0.2, 0) is 6.42 Å². The van der Waals surface area contributed by atoms with Crippen LogP contribution in [-0.4, -0.2) is 0 Å². The second-order valence-corrected chi connectivity index (χ2v) is 5.84. The van der Waals surface area contributed by atoms with Crippen LogP contribution in [0.5, 0.6) is 0 Å². The lowest BCUT2D eigenvalue weighted by atomic mass is 9.83. The highest BCUT2D eigenvalue weighted by atomic mass is 14.2. The Morgan fingerprint density at radius 2 is 1.42 bits per heavy atom. The molecule has 0 heterocycles. The summed E-state index contributed by atoms with van der Waals surface area (Å²) in [5.41, 5.74) is 4.22. The molecule has 0 saturated carbocycles. The van der Waals surface area contributed by atoms with E-state index in [1.54, 1.807) is 0 Å². The van der Waals surface area contributed by atoms with Crippen molar-refractivity contribution in [3.63, 3.8) is 0 Å². The van der Waals surface area contributed by atoms with E-state index in [1.807, 2.05) is 0 Å². The Labute approximate surface area is 116 Å². The minimum absolute atomic E-state index is 0.168. The average molecular weight is 250 g/mol. The summed E-state index contributed by atoms with van der Waals surface area (Å²) in [6.45, 7) is 6.79. The maximum atomic E-state index is 2.38. The van der Waals surface area contributed by atoms with E-state index < -0.39 is 0 Å². The largest absolute Gasteiger partial charge is 0.0750 e. The van der Waals surface area contributed by atoms with Crippen LogP contribution in [0.3, 0.4) is 0 Å². The van der Waals surface area contributed by atoms with Gasteiger partial charge in [0.2, 0.25) is 0 Å². The van der Waals surface area contributed by atoms with E-state index in [0.717, 1.165) is 6.42 Å². The van der Waals surface area contributed by atoms with Gasteiger partial charge in [0.05, 0.1) is 0 Å². The molecular weight excluding hydrogens is 228 g/mol. The van der Waals surface area contributed by atoms with Gasteiger partial charge < -0.3 is 0 Å². The standard InChI is InChI=1S/C19H22/c1-16(18-12-8-5-9-13-18)14-19(2,3)15-17-10-6-4-7-11-17/h4-14H,15H2,1-3H3/b16-14+. The molecular formula is C19H22. The zero-order valence-corrected chi connectivity index (χ0v) is 12.1. The molecule has 0 nitrogen and oxygen atoms in total. The predicted molar refractivity (Wildman–Crippen MR) is 84.0 cm³/mol. The molecule has 0 atom stereocenters. The molecule has 0 spiro atoms. The quantitative estimate of drug-likeness (QED) is 0.685. The molecule has 19 heavy (non-hydrogen) atoms. The van der Waals surface area contributed by atoms with Crippen LogP contribution in [0.2, 0.25) is 0 Å². The zero-order valence-electron chi connectivity index (χ0n) is 12.1. The van der Waals surface area contributed by atoms with Gasteiger partial charge in [-0.15, -0.1) is 0 Å². The van der Waals surface area contributed by atoms with E-state index in [0.29, 0.717) is 0 Å². The maximum absolute atomic E-state index is 2.38. The summed E-state index contributed by atoms with van der Waals surface area (Å²) in [6.07, 6.45) is 3.45. The van der Waals surface area contributed by atoms with Crippen molar-refractivity contribution >= 4 is 5.57 Å². The van der Waals surface area contributed by atoms with Gasteiger partial charge in [-0.2, -0.15) is 0 Å². The third kappa shape index (κ3) is 4.10. The Morgan fingerprint density at radius 1 is 0.895 bits per heavy atom. The zero-order chi connectivity index (χ0) is 13.7. The van der Waals surface area contributed by atoms with E-state index >= 15 is 0 Å². The molecule has 0 radical (unpaired) electrons. The molecule has 0 aromatic heterocycles. The van der Waals surface area contributed by atoms with Crippen molar-refractivity contribution in [2.75, 3.05) is 0 Å². The fourth-order valence-corrected chi connectivity index (χ4v) is 2.54. The van der Waals surface area contributed by atoms with Crippen LogP contribution >= 0.6 is 0 Å². The normalized spacial score (nSPS) is 12.5. The summed E-state index contributed by atoms with van der Waals surface area (Å²) in [7, 11) is 0. The van der Waals surface area contributed by atoms with Crippen molar-refractivity contribution in [1.82, 2.24) is 0 Å². The Hall–Kier alpha value is -1.82. The molecule has 2 aromatic rings. The fraction of sp³-hybridized carbons (Fsp3) is 0.263. The van der Waals surface area contributed by atoms with E-state index in [1.165, 1.54) is 16.7 Å². The van der Waals surface area contributed by atoms with E-state index in [9.17, 15) is 0 Å². The Bertz CT molecular complexity index is 533. The first-order valence-electron chi connectivity index (χ1n) is 6.86. The Balaban J connectivity index is 2.16. The highest BCUT2D eigenvalue weighted by Crippen LogP contribution is 2.28. The fourth-order valence-electron chi connectivity index (χ4n) is 2.54. The third-order valence-corrected chi connectivity index (χ3v) is 3.34. The number of benzene rings is 2. The second kappa shape index (κ2) is 5.88. The molecule has 0 heteroatoms. The summed E-state index contributed by atoms with van der Waals surface area (Å²) in [5, 5.41) is 0. The van der Waals surface area contributed by atoms with Crippen LogP contribution < -0.4 is 0 Å². The van der Waals surface area contributed by atoms with Gasteiger partial charge in [0.1, 0.15) is 0 Å². The Kier molecular flexibility index (Phi) is 4.21. The van der Waals surface area contributed by atoms with Gasteiger partial charge in [0.15, 0.2) is 0 Å². The van der Waals surface area contributed by atoms with Crippen molar-refractivity contribution in [3.05, 3.63) is 77.9 Å². The highest BCUT2D eigenvalue weighted by molar-refractivity contribution is 5.64. The molecule has 0 fully saturated rings. The topological polar surface area (TPSA) is 0 Å². The molecule has 0 aliphatic heterocycles. The molecule has 0 aliphatic carbocycles. The number of hydrogen-bond acceptors (Lipinski definition) is 0. The summed E-state index contributed by atoms with van der Waals surface area (Å²) >= 11 is 0. The van der Waals surface area contributed by atoms with Crippen LogP contribution in [0.1, 0.15) is 31.9 Å². The van der Waals surface area contributed by atoms with E-state index in [2.05, 4.69) is 87.5 Å². The molecule has 98 valence electrons. The van der Waals surface area contributed by atoms with Gasteiger partial charge in [0.25, 0.3) is 0 Å². The van der Waals surface area contributed by atoms with Gasteiger partial charge in [-0.05, 0) is 35.5 Å². The first-order valence-corrected chi connectivity index (χ1v) is 6.86. The van der Waals surface area contributed by atoms with Gasteiger partial charge in [0, 0.05) is 0 Å². The van der Waals surface area contributed by atoms with Crippen LogP contribution in [0.25, 0.3) is 5.57 Å². The summed E-state index contributed by atoms with van der Waals surface area (Å²) in [5.74, 6) is 0. The van der Waals surface area contributed by atoms with Crippen molar-refractivity contribution in [3.8, 4) is 0 Å². The molecule has 2 rings (SSSR count). The van der Waals surface area contributed by atoms with Crippen molar-refractivity contribution in [1.29, 1.82) is 0 Å². The van der Waals surface area contributed by atoms with Gasteiger partial charge in [-0.3, -0.25) is 0 Å². The predicted octanol–water partition coefficient (Wildman–Crippen LogP) is 5.36. The van der Waals surface area contributed by atoms with Gasteiger partial charge in [-0.1, -0.05) is 80.6 Å². The molecule has 0 amide bonds. The lowest BCUT2D eigenvalue weighted by Crippen LogP contribution is -2.12.